The van der Waals surface area contributed by atoms with Crippen molar-refractivity contribution in [2.24, 2.45) is 5.92 Å². The molecule has 1 rings (SSSR count). The lowest BCUT2D eigenvalue weighted by molar-refractivity contribution is -0.176. The molecule has 0 heterocycles. The van der Waals surface area contributed by atoms with Gasteiger partial charge in [0, 0.05) is 0 Å². The number of carboxylic acid groups (broad SMARTS) is 1. The molecule has 0 atom stereocenters. The van der Waals surface area contributed by atoms with Crippen molar-refractivity contribution in [1.29, 1.82) is 0 Å². The molecule has 0 aromatic carbocycles. The van der Waals surface area contributed by atoms with E-state index in [1.807, 2.05) is 0 Å². The quantitative estimate of drug-likeness (QED) is 0.347. The maximum atomic E-state index is 9.76. The first kappa shape index (κ1) is 7.39. The molecular formula is C4H8O4. The Balaban J connectivity index is 0.000000222. The van der Waals surface area contributed by atoms with Crippen LogP contribution in [0.2, 0.25) is 0 Å². The normalized spacial score (nSPS) is 16.2. The molecular weight excluding hydrogens is 112 g/mol. The molecule has 0 aromatic rings. The van der Waals surface area contributed by atoms with E-state index in [0.29, 0.717) is 0 Å². The number of carbonyl (C=O) groups is 1. The predicted octanol–water partition coefficient (Wildman–Crippen LogP) is 0.498. The molecule has 0 unspecified atom stereocenters. The third-order valence-electron chi connectivity index (χ3n) is 0.927. The second kappa shape index (κ2) is 3.40. The lowest BCUT2D eigenvalue weighted by atomic mass is 10.5. The van der Waals surface area contributed by atoms with Crippen molar-refractivity contribution in [2.45, 2.75) is 12.8 Å². The minimum absolute atomic E-state index is 0.0185. The van der Waals surface area contributed by atoms with Crippen LogP contribution in [0.4, 0.5) is 0 Å². The van der Waals surface area contributed by atoms with Crippen LogP contribution in [0.3, 0.4) is 0 Å². The highest BCUT2D eigenvalue weighted by molar-refractivity contribution is 5.72. The maximum Gasteiger partial charge on any atom is 0.306 e. The van der Waals surface area contributed by atoms with E-state index in [2.05, 4.69) is 0 Å². The number of rotatable bonds is 1. The Labute approximate surface area is 46.3 Å². The van der Waals surface area contributed by atoms with Crippen molar-refractivity contribution in [3.8, 4) is 0 Å². The molecule has 4 nitrogen and oxygen atoms in total. The second-order valence-electron chi connectivity index (χ2n) is 1.61. The molecule has 0 bridgehead atoms. The van der Waals surface area contributed by atoms with E-state index >= 15 is 0 Å². The molecule has 48 valence electrons. The van der Waals surface area contributed by atoms with Gasteiger partial charge in [0.2, 0.25) is 0 Å². The first-order chi connectivity index (χ1) is 3.80. The molecule has 0 radical (unpaired) electrons. The number of hydrogen-bond acceptors (Lipinski definition) is 3. The molecule has 8 heavy (non-hydrogen) atoms. The minimum atomic E-state index is -0.630. The predicted molar refractivity (Wildman–Crippen MR) is 25.6 cm³/mol. The highest BCUT2D eigenvalue weighted by atomic mass is 17.0. The topological polar surface area (TPSA) is 77.8 Å². The third kappa shape index (κ3) is 2.54. The first-order valence-electron chi connectivity index (χ1n) is 2.23. The average Bonchev–Trinajstić information content (AvgIpc) is 2.50. The van der Waals surface area contributed by atoms with Gasteiger partial charge in [-0.05, 0) is 12.8 Å². The summed E-state index contributed by atoms with van der Waals surface area (Å²) < 4.78 is 0. The van der Waals surface area contributed by atoms with E-state index in [1.54, 1.807) is 0 Å². The molecule has 0 aromatic heterocycles. The molecule has 0 amide bonds. The van der Waals surface area contributed by atoms with Gasteiger partial charge in [0.1, 0.15) is 0 Å². The highest BCUT2D eigenvalue weighted by Gasteiger charge is 2.28. The van der Waals surface area contributed by atoms with Crippen LogP contribution in [0.15, 0.2) is 0 Å². The summed E-state index contributed by atoms with van der Waals surface area (Å²) in [5.74, 6) is -0.611. The van der Waals surface area contributed by atoms with E-state index in [0.717, 1.165) is 12.8 Å². The molecule has 1 aliphatic rings. The Morgan fingerprint density at radius 3 is 1.75 bits per heavy atom. The number of hydrogen-bond donors (Lipinski definition) is 3. The Morgan fingerprint density at radius 1 is 1.38 bits per heavy atom. The molecule has 4 heteroatoms. The zero-order chi connectivity index (χ0) is 6.57. The van der Waals surface area contributed by atoms with Crippen molar-refractivity contribution in [3.05, 3.63) is 0 Å². The van der Waals surface area contributed by atoms with Crippen molar-refractivity contribution >= 4 is 5.97 Å². The van der Waals surface area contributed by atoms with Crippen LogP contribution in [-0.4, -0.2) is 21.6 Å². The smallest absolute Gasteiger partial charge is 0.306 e. The summed E-state index contributed by atoms with van der Waals surface area (Å²) in [5.41, 5.74) is 0. The molecule has 0 spiro atoms. The van der Waals surface area contributed by atoms with Crippen LogP contribution < -0.4 is 0 Å². The molecule has 0 saturated heterocycles. The van der Waals surface area contributed by atoms with Crippen LogP contribution in [0.5, 0.6) is 0 Å². The van der Waals surface area contributed by atoms with Gasteiger partial charge in [-0.25, -0.2) is 0 Å². The lowest BCUT2D eigenvalue weighted by Gasteiger charge is -1.75. The van der Waals surface area contributed by atoms with Gasteiger partial charge in [-0.2, -0.15) is 0 Å². The SMILES string of the molecule is O=C(O)C1CC1.OO. The molecule has 1 fully saturated rings. The summed E-state index contributed by atoms with van der Waals surface area (Å²) >= 11 is 0. The van der Waals surface area contributed by atoms with E-state index in [1.165, 1.54) is 0 Å². The first-order valence-corrected chi connectivity index (χ1v) is 2.23. The van der Waals surface area contributed by atoms with Crippen molar-refractivity contribution < 1.29 is 20.4 Å². The van der Waals surface area contributed by atoms with E-state index < -0.39 is 5.97 Å². The highest BCUT2D eigenvalue weighted by Crippen LogP contribution is 2.28. The standard InChI is InChI=1S/C4H6O2.H2O2/c5-4(6)3-1-2-3;1-2/h3H,1-2H2,(H,5,6);1-2H. The van der Waals surface area contributed by atoms with Gasteiger partial charge in [-0.1, -0.05) is 0 Å². The van der Waals surface area contributed by atoms with Gasteiger partial charge >= 0.3 is 5.97 Å². The van der Waals surface area contributed by atoms with Crippen molar-refractivity contribution in [1.82, 2.24) is 0 Å². The Bertz CT molecular complexity index is 76.1. The molecule has 1 saturated carbocycles. The van der Waals surface area contributed by atoms with E-state index in [9.17, 15) is 4.79 Å². The zero-order valence-electron chi connectivity index (χ0n) is 4.24. The summed E-state index contributed by atoms with van der Waals surface area (Å²) in [6.45, 7) is 0. The van der Waals surface area contributed by atoms with Crippen LogP contribution in [0.1, 0.15) is 12.8 Å². The minimum Gasteiger partial charge on any atom is -0.481 e. The fourth-order valence-electron chi connectivity index (χ4n) is 0.330. The summed E-state index contributed by atoms with van der Waals surface area (Å²) in [4.78, 5) is 9.76. The molecule has 3 N–H and O–H groups in total. The number of aliphatic carboxylic acids is 1. The fourth-order valence-corrected chi connectivity index (χ4v) is 0.330. The number of carboxylic acids is 1. The van der Waals surface area contributed by atoms with Gasteiger partial charge in [0.15, 0.2) is 0 Å². The van der Waals surface area contributed by atoms with Crippen LogP contribution in [0, 0.1) is 5.92 Å². The summed E-state index contributed by atoms with van der Waals surface area (Å²) in [6.07, 6.45) is 1.80. The Kier molecular flexibility index (Phi) is 3.14. The van der Waals surface area contributed by atoms with E-state index in [4.69, 9.17) is 15.6 Å². The fraction of sp³-hybridized carbons (Fsp3) is 0.750. The molecule has 0 aliphatic heterocycles. The lowest BCUT2D eigenvalue weighted by Crippen LogP contribution is -1.94. The van der Waals surface area contributed by atoms with Crippen molar-refractivity contribution in [3.63, 3.8) is 0 Å². The summed E-state index contributed by atoms with van der Waals surface area (Å²) in [5, 5.41) is 20.1. The maximum absolute atomic E-state index is 9.76. The average molecular weight is 120 g/mol. The van der Waals surface area contributed by atoms with Gasteiger partial charge in [0.05, 0.1) is 5.92 Å². The second-order valence-corrected chi connectivity index (χ2v) is 1.61. The molecule has 1 aliphatic carbocycles. The Morgan fingerprint density at radius 2 is 1.75 bits per heavy atom. The monoisotopic (exact) mass is 120 g/mol. The van der Waals surface area contributed by atoms with Crippen molar-refractivity contribution in [2.75, 3.05) is 0 Å². The van der Waals surface area contributed by atoms with Crippen LogP contribution in [-0.2, 0) is 4.79 Å². The largest absolute Gasteiger partial charge is 0.481 e. The van der Waals surface area contributed by atoms with Crippen LogP contribution >= 0.6 is 0 Å². The van der Waals surface area contributed by atoms with Gasteiger partial charge in [0.25, 0.3) is 0 Å². The van der Waals surface area contributed by atoms with Crippen LogP contribution in [0.25, 0.3) is 0 Å². The third-order valence-corrected chi connectivity index (χ3v) is 0.927. The van der Waals surface area contributed by atoms with Gasteiger partial charge < -0.3 is 5.11 Å². The summed E-state index contributed by atoms with van der Waals surface area (Å²) in [6, 6.07) is 0. The zero-order valence-corrected chi connectivity index (χ0v) is 4.24. The Hall–Kier alpha value is -0.610. The van der Waals surface area contributed by atoms with E-state index in [-0.39, 0.29) is 5.92 Å². The van der Waals surface area contributed by atoms with Gasteiger partial charge in [-0.3, -0.25) is 15.3 Å². The van der Waals surface area contributed by atoms with Gasteiger partial charge in [-0.15, -0.1) is 0 Å². The summed E-state index contributed by atoms with van der Waals surface area (Å²) in [7, 11) is 0.